The average Bonchev–Trinajstić information content (AvgIpc) is 2.98. The molecule has 28 heavy (non-hydrogen) atoms. The van der Waals surface area contributed by atoms with Crippen LogP contribution in [0.1, 0.15) is 31.4 Å². The van der Waals surface area contributed by atoms with Crippen LogP contribution < -0.4 is 4.74 Å². The number of hydrogen-bond acceptors (Lipinski definition) is 6. The second-order valence-electron chi connectivity index (χ2n) is 7.64. The summed E-state index contributed by atoms with van der Waals surface area (Å²) in [7, 11) is -3.11. The van der Waals surface area contributed by atoms with Gasteiger partial charge in [0.05, 0.1) is 11.5 Å². The van der Waals surface area contributed by atoms with Crippen molar-refractivity contribution in [3.05, 3.63) is 29.3 Å². The maximum atomic E-state index is 12.6. The zero-order chi connectivity index (χ0) is 20.9. The fourth-order valence-electron chi connectivity index (χ4n) is 3.15. The number of rotatable bonds is 8. The van der Waals surface area contributed by atoms with E-state index in [9.17, 15) is 18.0 Å². The molecule has 1 atom stereocenters. The summed E-state index contributed by atoms with van der Waals surface area (Å²) in [6.07, 6.45) is 0.421. The Morgan fingerprint density at radius 2 is 1.93 bits per heavy atom. The van der Waals surface area contributed by atoms with Crippen LogP contribution in [0.3, 0.4) is 0 Å². The van der Waals surface area contributed by atoms with Crippen LogP contribution in [0.2, 0.25) is 0 Å². The van der Waals surface area contributed by atoms with E-state index >= 15 is 0 Å². The monoisotopic (exact) mass is 411 g/mol. The van der Waals surface area contributed by atoms with Gasteiger partial charge in [0.1, 0.15) is 5.75 Å². The molecule has 1 amide bonds. The van der Waals surface area contributed by atoms with Crippen molar-refractivity contribution in [3.8, 4) is 5.75 Å². The predicted octanol–water partition coefficient (Wildman–Crippen LogP) is 1.90. The van der Waals surface area contributed by atoms with Gasteiger partial charge in [-0.3, -0.25) is 4.79 Å². The predicted molar refractivity (Wildman–Crippen MR) is 106 cm³/mol. The van der Waals surface area contributed by atoms with Crippen LogP contribution in [0.4, 0.5) is 0 Å². The lowest BCUT2D eigenvalue weighted by Gasteiger charge is -2.29. The summed E-state index contributed by atoms with van der Waals surface area (Å²) in [5.41, 5.74) is 1.99. The molecule has 0 N–H and O–H groups in total. The number of hydrogen-bond donors (Lipinski definition) is 0. The van der Waals surface area contributed by atoms with Gasteiger partial charge in [0, 0.05) is 12.6 Å². The summed E-state index contributed by atoms with van der Waals surface area (Å²) in [4.78, 5) is 26.1. The molecule has 0 radical (unpaired) electrons. The first-order chi connectivity index (χ1) is 13.1. The average molecular weight is 412 g/mol. The molecule has 1 aromatic carbocycles. The normalized spacial score (nSPS) is 18.1. The third-order valence-electron chi connectivity index (χ3n) is 4.79. The molecular weight excluding hydrogens is 382 g/mol. The Morgan fingerprint density at radius 1 is 1.21 bits per heavy atom. The maximum absolute atomic E-state index is 12.6. The van der Waals surface area contributed by atoms with Crippen LogP contribution in [-0.4, -0.2) is 62.5 Å². The molecule has 1 saturated heterocycles. The third-order valence-corrected chi connectivity index (χ3v) is 6.54. The van der Waals surface area contributed by atoms with Crippen molar-refractivity contribution in [2.45, 2.75) is 40.2 Å². The van der Waals surface area contributed by atoms with E-state index in [2.05, 4.69) is 0 Å². The van der Waals surface area contributed by atoms with E-state index in [0.29, 0.717) is 18.7 Å². The van der Waals surface area contributed by atoms with E-state index in [4.69, 9.17) is 9.47 Å². The van der Waals surface area contributed by atoms with Crippen molar-refractivity contribution < 1.29 is 27.5 Å². The first-order valence-electron chi connectivity index (χ1n) is 9.43. The largest absolute Gasteiger partial charge is 0.482 e. The first-order valence-corrected chi connectivity index (χ1v) is 11.3. The SMILES string of the molecule is Cc1cccc(OCC(=O)OCC(=O)N(CC(C)C)[C@H]2CCS(=O)(=O)C2)c1C. The van der Waals surface area contributed by atoms with Gasteiger partial charge >= 0.3 is 5.97 Å². The summed E-state index contributed by atoms with van der Waals surface area (Å²) < 4.78 is 34.1. The van der Waals surface area contributed by atoms with E-state index < -0.39 is 22.4 Å². The van der Waals surface area contributed by atoms with Gasteiger partial charge in [0.2, 0.25) is 0 Å². The summed E-state index contributed by atoms with van der Waals surface area (Å²) in [5, 5.41) is 0. The van der Waals surface area contributed by atoms with Crippen molar-refractivity contribution >= 4 is 21.7 Å². The van der Waals surface area contributed by atoms with Crippen LogP contribution in [-0.2, 0) is 24.2 Å². The molecule has 0 bridgehead atoms. The highest BCUT2D eigenvalue weighted by Gasteiger charge is 2.35. The summed E-state index contributed by atoms with van der Waals surface area (Å²) >= 11 is 0. The van der Waals surface area contributed by atoms with E-state index in [1.807, 2.05) is 39.8 Å². The van der Waals surface area contributed by atoms with Gasteiger partial charge in [0.25, 0.3) is 5.91 Å². The van der Waals surface area contributed by atoms with Gasteiger partial charge in [-0.15, -0.1) is 0 Å². The molecule has 2 rings (SSSR count). The molecule has 1 fully saturated rings. The maximum Gasteiger partial charge on any atom is 0.344 e. The minimum Gasteiger partial charge on any atom is -0.482 e. The molecule has 156 valence electrons. The van der Waals surface area contributed by atoms with Crippen molar-refractivity contribution in [2.75, 3.05) is 31.3 Å². The quantitative estimate of drug-likeness (QED) is 0.607. The second kappa shape index (κ2) is 9.41. The van der Waals surface area contributed by atoms with Crippen molar-refractivity contribution in [3.63, 3.8) is 0 Å². The Labute approximate surface area is 166 Å². The molecule has 8 heteroatoms. The number of esters is 1. The number of nitrogens with zero attached hydrogens (tertiary/aromatic N) is 1. The van der Waals surface area contributed by atoms with Gasteiger partial charge in [-0.05, 0) is 43.4 Å². The first kappa shape index (κ1) is 22.2. The van der Waals surface area contributed by atoms with Crippen LogP contribution in [0.15, 0.2) is 18.2 Å². The number of ether oxygens (including phenoxy) is 2. The lowest BCUT2D eigenvalue weighted by atomic mass is 10.1. The molecule has 7 nitrogen and oxygen atoms in total. The van der Waals surface area contributed by atoms with Crippen molar-refractivity contribution in [1.29, 1.82) is 0 Å². The third kappa shape index (κ3) is 6.22. The van der Waals surface area contributed by atoms with Gasteiger partial charge in [-0.25, -0.2) is 13.2 Å². The highest BCUT2D eigenvalue weighted by atomic mass is 32.2. The van der Waals surface area contributed by atoms with E-state index in [1.165, 1.54) is 4.90 Å². The summed E-state index contributed by atoms with van der Waals surface area (Å²) in [6.45, 7) is 7.47. The number of amides is 1. The van der Waals surface area contributed by atoms with E-state index in [0.717, 1.165) is 11.1 Å². The Bertz CT molecular complexity index is 818. The molecule has 1 heterocycles. The Morgan fingerprint density at radius 3 is 2.54 bits per heavy atom. The van der Waals surface area contributed by atoms with Crippen molar-refractivity contribution in [2.24, 2.45) is 5.92 Å². The van der Waals surface area contributed by atoms with Crippen LogP contribution >= 0.6 is 0 Å². The topological polar surface area (TPSA) is 90.0 Å². The van der Waals surface area contributed by atoms with Crippen LogP contribution in [0, 0.1) is 19.8 Å². The van der Waals surface area contributed by atoms with Crippen LogP contribution in [0.5, 0.6) is 5.75 Å². The van der Waals surface area contributed by atoms with Gasteiger partial charge in [0.15, 0.2) is 23.1 Å². The number of aryl methyl sites for hydroxylation is 1. The molecular formula is C20H29NO6S. The van der Waals surface area contributed by atoms with Gasteiger partial charge < -0.3 is 14.4 Å². The highest BCUT2D eigenvalue weighted by Crippen LogP contribution is 2.21. The Hall–Kier alpha value is -2.09. The standard InChI is InChI=1S/C20H29NO6S/c1-14(2)10-21(17-8-9-28(24,25)13-17)19(22)11-27-20(23)12-26-18-7-5-6-15(3)16(18)4/h5-7,14,17H,8-13H2,1-4H3/t17-/m0/s1. The number of benzene rings is 1. The summed E-state index contributed by atoms with van der Waals surface area (Å²) in [6, 6.07) is 5.20. The van der Waals surface area contributed by atoms with Gasteiger partial charge in [-0.1, -0.05) is 26.0 Å². The fourth-order valence-corrected chi connectivity index (χ4v) is 4.88. The highest BCUT2D eigenvalue weighted by molar-refractivity contribution is 7.91. The summed E-state index contributed by atoms with van der Waals surface area (Å²) in [5.74, 6) is -0.192. The van der Waals surface area contributed by atoms with Crippen molar-refractivity contribution in [1.82, 2.24) is 4.90 Å². The number of sulfone groups is 1. The zero-order valence-electron chi connectivity index (χ0n) is 16.9. The number of carbonyl (C=O) groups excluding carboxylic acids is 2. The van der Waals surface area contributed by atoms with Gasteiger partial charge in [-0.2, -0.15) is 0 Å². The van der Waals surface area contributed by atoms with E-state index in [-0.39, 0.29) is 36.0 Å². The molecule has 0 spiro atoms. The fraction of sp³-hybridized carbons (Fsp3) is 0.600. The molecule has 1 aromatic rings. The number of carbonyl (C=O) groups is 2. The minimum absolute atomic E-state index is 0.0326. The Kier molecular flexibility index (Phi) is 7.46. The van der Waals surface area contributed by atoms with E-state index in [1.54, 1.807) is 6.07 Å². The molecule has 0 unspecified atom stereocenters. The molecule has 1 aliphatic heterocycles. The lowest BCUT2D eigenvalue weighted by Crippen LogP contribution is -2.45. The minimum atomic E-state index is -3.11. The smallest absolute Gasteiger partial charge is 0.344 e. The Balaban J connectivity index is 1.89. The zero-order valence-corrected chi connectivity index (χ0v) is 17.8. The molecule has 1 aliphatic rings. The lowest BCUT2D eigenvalue weighted by molar-refractivity contribution is -0.154. The second-order valence-corrected chi connectivity index (χ2v) is 9.87. The molecule has 0 aliphatic carbocycles. The molecule has 0 saturated carbocycles. The van der Waals surface area contributed by atoms with Crippen LogP contribution in [0.25, 0.3) is 0 Å². The molecule has 0 aromatic heterocycles.